The third-order valence-corrected chi connectivity index (χ3v) is 6.78. The fourth-order valence-electron chi connectivity index (χ4n) is 3.49. The molecule has 0 bridgehead atoms. The topological polar surface area (TPSA) is 84.2 Å². The van der Waals surface area contributed by atoms with E-state index in [1.165, 1.54) is 4.31 Å². The van der Waals surface area contributed by atoms with E-state index < -0.39 is 10.2 Å². The molecule has 0 saturated carbocycles. The van der Waals surface area contributed by atoms with Crippen molar-refractivity contribution in [3.05, 3.63) is 30.4 Å². The van der Waals surface area contributed by atoms with Crippen LogP contribution in [0.4, 0.5) is 0 Å². The Labute approximate surface area is 161 Å². The lowest BCUT2D eigenvalue weighted by Gasteiger charge is -2.33. The first-order valence-electron chi connectivity index (χ1n) is 9.31. The summed E-state index contributed by atoms with van der Waals surface area (Å²) in [5.74, 6) is 0.244. The molecule has 3 heterocycles. The van der Waals surface area contributed by atoms with Gasteiger partial charge in [-0.05, 0) is 45.1 Å². The van der Waals surface area contributed by atoms with Gasteiger partial charge in [0.15, 0.2) is 0 Å². The predicted octanol–water partition coefficient (Wildman–Crippen LogP) is 1.98. The highest BCUT2D eigenvalue weighted by molar-refractivity contribution is 7.86. The molecule has 0 radical (unpaired) electrons. The van der Waals surface area contributed by atoms with Crippen LogP contribution in [0.25, 0.3) is 11.4 Å². The van der Waals surface area contributed by atoms with Crippen LogP contribution in [0.5, 0.6) is 0 Å². The first-order chi connectivity index (χ1) is 12.8. The maximum absolute atomic E-state index is 12.4. The van der Waals surface area contributed by atoms with Crippen molar-refractivity contribution in [1.82, 2.24) is 28.4 Å². The van der Waals surface area contributed by atoms with Gasteiger partial charge in [-0.1, -0.05) is 0 Å². The lowest BCUT2D eigenvalue weighted by atomic mass is 9.95. The summed E-state index contributed by atoms with van der Waals surface area (Å²) in [6, 6.07) is 2.18. The molecule has 0 aliphatic carbocycles. The van der Waals surface area contributed by atoms with Crippen molar-refractivity contribution < 1.29 is 8.42 Å². The van der Waals surface area contributed by atoms with Gasteiger partial charge >= 0.3 is 0 Å². The van der Waals surface area contributed by atoms with E-state index in [4.69, 9.17) is 4.98 Å². The zero-order chi connectivity index (χ0) is 19.6. The van der Waals surface area contributed by atoms with E-state index in [2.05, 4.69) is 23.9 Å². The Balaban J connectivity index is 1.76. The zero-order valence-electron chi connectivity index (χ0n) is 16.4. The van der Waals surface area contributed by atoms with Crippen LogP contribution in [0.15, 0.2) is 24.7 Å². The highest BCUT2D eigenvalue weighted by atomic mass is 32.2. The average Bonchev–Trinajstić information content (AvgIpc) is 3.12. The normalized spacial score (nSPS) is 19.1. The Kier molecular flexibility index (Phi) is 5.92. The van der Waals surface area contributed by atoms with E-state index in [0.29, 0.717) is 13.1 Å². The maximum Gasteiger partial charge on any atom is 0.281 e. The lowest BCUT2D eigenvalue weighted by Crippen LogP contribution is -2.45. The Hall–Kier alpha value is -1.84. The Bertz CT molecular complexity index is 877. The van der Waals surface area contributed by atoms with E-state index in [1.807, 2.05) is 10.7 Å². The van der Waals surface area contributed by atoms with Crippen LogP contribution in [-0.2, 0) is 16.6 Å². The minimum absolute atomic E-state index is 0.239. The molecule has 1 aliphatic heterocycles. The first-order valence-corrected chi connectivity index (χ1v) is 10.7. The predicted molar refractivity (Wildman–Crippen MR) is 104 cm³/mol. The van der Waals surface area contributed by atoms with Crippen molar-refractivity contribution >= 4 is 10.2 Å². The fraction of sp³-hybridized carbons (Fsp3) is 0.611. The SMILES string of the molecule is CC(C)n1nccc1-c1cncc(CC2CCCN(S(=O)(=O)N(C)C)C2)n1. The van der Waals surface area contributed by atoms with Gasteiger partial charge in [0.1, 0.15) is 5.69 Å². The molecule has 148 valence electrons. The highest BCUT2D eigenvalue weighted by Crippen LogP contribution is 2.24. The molecule has 0 N–H and O–H groups in total. The molecule has 0 aromatic carbocycles. The van der Waals surface area contributed by atoms with Gasteiger partial charge in [0.2, 0.25) is 0 Å². The molecule has 8 nitrogen and oxygen atoms in total. The van der Waals surface area contributed by atoms with Crippen LogP contribution in [0.3, 0.4) is 0 Å². The Morgan fingerprint density at radius 1 is 1.30 bits per heavy atom. The van der Waals surface area contributed by atoms with E-state index >= 15 is 0 Å². The lowest BCUT2D eigenvalue weighted by molar-refractivity contribution is 0.253. The van der Waals surface area contributed by atoms with Crippen LogP contribution in [0.1, 0.15) is 38.4 Å². The standard InChI is InChI=1S/C18H28N6O2S/c1-14(2)24-18(7-8-20-24)17-12-19-11-16(21-17)10-15-6-5-9-23(13-15)27(25,26)22(3)4/h7-8,11-12,14-15H,5-6,9-10,13H2,1-4H3. The molecular formula is C18H28N6O2S. The largest absolute Gasteiger partial charge is 0.281 e. The van der Waals surface area contributed by atoms with Crippen LogP contribution < -0.4 is 0 Å². The number of hydrogen-bond donors (Lipinski definition) is 0. The van der Waals surface area contributed by atoms with E-state index in [1.54, 1.807) is 37.0 Å². The monoisotopic (exact) mass is 392 g/mol. The maximum atomic E-state index is 12.4. The zero-order valence-corrected chi connectivity index (χ0v) is 17.2. The van der Waals surface area contributed by atoms with Crippen LogP contribution in [0, 0.1) is 5.92 Å². The Morgan fingerprint density at radius 2 is 2.07 bits per heavy atom. The van der Waals surface area contributed by atoms with Gasteiger partial charge in [0.05, 0.1) is 17.6 Å². The summed E-state index contributed by atoms with van der Waals surface area (Å²) in [5, 5.41) is 4.36. The van der Waals surface area contributed by atoms with Crippen molar-refractivity contribution in [2.24, 2.45) is 5.92 Å². The van der Waals surface area contributed by atoms with Gasteiger partial charge in [-0.3, -0.25) is 9.67 Å². The third-order valence-electron chi connectivity index (χ3n) is 4.87. The molecule has 27 heavy (non-hydrogen) atoms. The molecule has 1 aliphatic rings. The summed E-state index contributed by atoms with van der Waals surface area (Å²) in [6.07, 6.45) is 7.88. The molecule has 1 fully saturated rings. The molecule has 9 heteroatoms. The second-order valence-electron chi connectivity index (χ2n) is 7.51. The van der Waals surface area contributed by atoms with Gasteiger partial charge in [-0.15, -0.1) is 0 Å². The van der Waals surface area contributed by atoms with Gasteiger partial charge in [0.25, 0.3) is 10.2 Å². The van der Waals surface area contributed by atoms with E-state index in [0.717, 1.165) is 36.3 Å². The molecule has 3 rings (SSSR count). The summed E-state index contributed by atoms with van der Waals surface area (Å²) in [5.41, 5.74) is 2.63. The third kappa shape index (κ3) is 4.36. The average molecular weight is 393 g/mol. The smallest absolute Gasteiger partial charge is 0.261 e. The number of piperidine rings is 1. The second-order valence-corrected chi connectivity index (χ2v) is 9.65. The number of nitrogens with zero attached hydrogens (tertiary/aromatic N) is 6. The number of hydrogen-bond acceptors (Lipinski definition) is 5. The summed E-state index contributed by atoms with van der Waals surface area (Å²) >= 11 is 0. The van der Waals surface area contributed by atoms with Crippen LogP contribution in [0.2, 0.25) is 0 Å². The molecule has 2 aromatic heterocycles. The summed E-state index contributed by atoms with van der Waals surface area (Å²) in [7, 11) is -0.215. The minimum atomic E-state index is -3.36. The van der Waals surface area contributed by atoms with Gasteiger partial charge in [-0.25, -0.2) is 4.98 Å². The summed E-state index contributed by atoms with van der Waals surface area (Å²) < 4.78 is 29.6. The summed E-state index contributed by atoms with van der Waals surface area (Å²) in [4.78, 5) is 9.13. The molecule has 0 spiro atoms. The minimum Gasteiger partial charge on any atom is -0.261 e. The fourth-order valence-corrected chi connectivity index (χ4v) is 4.71. The van der Waals surface area contributed by atoms with Crippen molar-refractivity contribution in [3.8, 4) is 11.4 Å². The van der Waals surface area contributed by atoms with Gasteiger partial charge < -0.3 is 0 Å². The van der Waals surface area contributed by atoms with Crippen molar-refractivity contribution in [3.63, 3.8) is 0 Å². The number of rotatable bonds is 6. The second kappa shape index (κ2) is 8.04. The number of aromatic nitrogens is 4. The highest BCUT2D eigenvalue weighted by Gasteiger charge is 2.30. The molecule has 2 aromatic rings. The van der Waals surface area contributed by atoms with Crippen molar-refractivity contribution in [2.45, 2.75) is 39.2 Å². The van der Waals surface area contributed by atoms with Crippen LogP contribution >= 0.6 is 0 Å². The molecular weight excluding hydrogens is 364 g/mol. The molecule has 0 amide bonds. The van der Waals surface area contributed by atoms with E-state index in [9.17, 15) is 8.42 Å². The van der Waals surface area contributed by atoms with Gasteiger partial charge in [-0.2, -0.15) is 22.1 Å². The van der Waals surface area contributed by atoms with Gasteiger partial charge in [0, 0.05) is 45.6 Å². The van der Waals surface area contributed by atoms with Crippen LogP contribution in [-0.4, -0.2) is 64.0 Å². The van der Waals surface area contributed by atoms with Crippen molar-refractivity contribution in [2.75, 3.05) is 27.2 Å². The quantitative estimate of drug-likeness (QED) is 0.750. The summed E-state index contributed by atoms with van der Waals surface area (Å²) in [6.45, 7) is 5.26. The molecule has 1 saturated heterocycles. The molecule has 1 unspecified atom stereocenters. The first kappa shape index (κ1) is 19.9. The van der Waals surface area contributed by atoms with E-state index in [-0.39, 0.29) is 12.0 Å². The Morgan fingerprint density at radius 3 is 2.78 bits per heavy atom. The molecule has 1 atom stereocenters. The van der Waals surface area contributed by atoms with Crippen molar-refractivity contribution in [1.29, 1.82) is 0 Å².